The molecule has 2 aromatic heterocycles. The number of para-hydroxylation sites is 1. The van der Waals surface area contributed by atoms with Crippen LogP contribution in [0, 0.1) is 24.7 Å². The maximum absolute atomic E-state index is 12.7. The maximum Gasteiger partial charge on any atom is 0.348 e. The van der Waals surface area contributed by atoms with Gasteiger partial charge < -0.3 is 10.1 Å². The van der Waals surface area contributed by atoms with E-state index in [1.165, 1.54) is 30.6 Å². The largest absolute Gasteiger partial charge is 0.451 e. The van der Waals surface area contributed by atoms with Crippen molar-refractivity contribution in [2.24, 2.45) is 17.8 Å². The van der Waals surface area contributed by atoms with E-state index in [2.05, 4.69) is 10.4 Å². The molecule has 1 N–H and O–H groups in total. The number of hydrogen-bond donors (Lipinski definition) is 1. The number of esters is 1. The highest BCUT2D eigenvalue weighted by atomic mass is 32.1. The van der Waals surface area contributed by atoms with E-state index in [-0.39, 0.29) is 18.1 Å². The molecule has 166 valence electrons. The number of nitrogens with zero attached hydrogens (tertiary/aromatic N) is 2. The van der Waals surface area contributed by atoms with E-state index >= 15 is 0 Å². The molecule has 0 spiro atoms. The summed E-state index contributed by atoms with van der Waals surface area (Å²) < 4.78 is 7.27. The molecule has 4 aliphatic carbocycles. The smallest absolute Gasteiger partial charge is 0.348 e. The van der Waals surface area contributed by atoms with Crippen LogP contribution in [0.3, 0.4) is 0 Å². The molecule has 1 amide bonds. The van der Waals surface area contributed by atoms with E-state index in [0.717, 1.165) is 58.6 Å². The Balaban J connectivity index is 1.13. The number of benzene rings is 1. The highest BCUT2D eigenvalue weighted by Crippen LogP contribution is 2.55. The lowest BCUT2D eigenvalue weighted by atomic mass is 9.53. The molecule has 0 atom stereocenters. The van der Waals surface area contributed by atoms with E-state index in [1.807, 2.05) is 48.0 Å². The fourth-order valence-corrected chi connectivity index (χ4v) is 7.77. The molecule has 32 heavy (non-hydrogen) atoms. The van der Waals surface area contributed by atoms with Crippen LogP contribution < -0.4 is 5.32 Å². The minimum atomic E-state index is -0.453. The number of carbonyl (C=O) groups excluding carboxylic acids is 2. The van der Waals surface area contributed by atoms with Crippen LogP contribution in [0.15, 0.2) is 36.4 Å². The van der Waals surface area contributed by atoms with E-state index < -0.39 is 5.97 Å². The summed E-state index contributed by atoms with van der Waals surface area (Å²) in [6, 6.07) is 11.7. The van der Waals surface area contributed by atoms with Crippen LogP contribution in [0.1, 0.15) is 53.9 Å². The minimum absolute atomic E-state index is 0.0634. The number of carbonyl (C=O) groups is 2. The molecule has 0 unspecified atom stereocenters. The fourth-order valence-electron chi connectivity index (χ4n) is 6.69. The molecule has 7 heteroatoms. The lowest BCUT2D eigenvalue weighted by molar-refractivity contribution is -0.130. The van der Waals surface area contributed by atoms with Crippen molar-refractivity contribution in [3.05, 3.63) is 47.0 Å². The second-order valence-corrected chi connectivity index (χ2v) is 11.0. The third-order valence-corrected chi connectivity index (χ3v) is 8.61. The molecular formula is C25H27N3O3S. The fraction of sp³-hybridized carbons (Fsp3) is 0.480. The van der Waals surface area contributed by atoms with Crippen molar-refractivity contribution < 1.29 is 14.3 Å². The zero-order valence-electron chi connectivity index (χ0n) is 18.2. The van der Waals surface area contributed by atoms with Crippen molar-refractivity contribution in [3.63, 3.8) is 0 Å². The minimum Gasteiger partial charge on any atom is -0.451 e. The van der Waals surface area contributed by atoms with Gasteiger partial charge in [-0.2, -0.15) is 5.10 Å². The molecule has 0 saturated heterocycles. The quantitative estimate of drug-likeness (QED) is 0.576. The first kappa shape index (κ1) is 20.0. The van der Waals surface area contributed by atoms with Gasteiger partial charge in [0.15, 0.2) is 6.61 Å². The number of aromatic nitrogens is 2. The van der Waals surface area contributed by atoms with Crippen LogP contribution in [0.2, 0.25) is 0 Å². The molecule has 0 radical (unpaired) electrons. The van der Waals surface area contributed by atoms with E-state index in [1.54, 1.807) is 0 Å². The van der Waals surface area contributed by atoms with Gasteiger partial charge in [-0.15, -0.1) is 11.3 Å². The average molecular weight is 450 g/mol. The lowest BCUT2D eigenvalue weighted by Gasteiger charge is -2.56. The number of aryl methyl sites for hydroxylation is 1. The Hall–Kier alpha value is -2.67. The molecular weight excluding hydrogens is 422 g/mol. The Morgan fingerprint density at radius 1 is 1.12 bits per heavy atom. The van der Waals surface area contributed by atoms with Crippen molar-refractivity contribution in [1.82, 2.24) is 15.1 Å². The number of fused-ring (bicyclic) bond motifs is 1. The summed E-state index contributed by atoms with van der Waals surface area (Å²) in [5.74, 6) is 1.65. The summed E-state index contributed by atoms with van der Waals surface area (Å²) in [5, 5.41) is 8.81. The second-order valence-electron chi connectivity index (χ2n) is 9.98. The number of rotatable bonds is 5. The molecule has 7 rings (SSSR count). The van der Waals surface area contributed by atoms with Gasteiger partial charge in [-0.3, -0.25) is 4.79 Å². The van der Waals surface area contributed by atoms with Crippen molar-refractivity contribution in [3.8, 4) is 5.69 Å². The molecule has 0 aliphatic heterocycles. The van der Waals surface area contributed by atoms with Crippen molar-refractivity contribution in [1.29, 1.82) is 0 Å². The van der Waals surface area contributed by atoms with Crippen LogP contribution in [-0.2, 0) is 9.53 Å². The SMILES string of the molecule is Cc1nn(-c2ccccc2)c2sc(C(=O)OCC(=O)NC34CC5CC(CC(C5)C3)C4)cc12. The monoisotopic (exact) mass is 449 g/mol. The molecule has 6 nitrogen and oxygen atoms in total. The van der Waals surface area contributed by atoms with Gasteiger partial charge in [-0.05, 0) is 81.4 Å². The summed E-state index contributed by atoms with van der Waals surface area (Å²) in [6.07, 6.45) is 7.25. The van der Waals surface area contributed by atoms with E-state index in [9.17, 15) is 9.59 Å². The molecule has 3 aromatic rings. The van der Waals surface area contributed by atoms with Gasteiger partial charge >= 0.3 is 5.97 Å². The first-order chi connectivity index (χ1) is 15.5. The Labute approximate surface area is 190 Å². The predicted molar refractivity (Wildman–Crippen MR) is 123 cm³/mol. The lowest BCUT2D eigenvalue weighted by Crippen LogP contribution is -2.60. The van der Waals surface area contributed by atoms with Crippen LogP contribution in [-0.4, -0.2) is 33.8 Å². The zero-order valence-corrected chi connectivity index (χ0v) is 19.0. The molecule has 4 fully saturated rings. The average Bonchev–Trinajstić information content (AvgIpc) is 3.32. The molecule has 4 bridgehead atoms. The predicted octanol–water partition coefficient (Wildman–Crippen LogP) is 4.64. The molecule has 4 saturated carbocycles. The number of nitrogens with one attached hydrogen (secondary N) is 1. The Kier molecular flexibility index (Phi) is 4.64. The van der Waals surface area contributed by atoms with Crippen LogP contribution in [0.4, 0.5) is 0 Å². The molecule has 1 aromatic carbocycles. The third-order valence-electron chi connectivity index (χ3n) is 7.52. The number of ether oxygens (including phenoxy) is 1. The van der Waals surface area contributed by atoms with Gasteiger partial charge in [0.2, 0.25) is 0 Å². The van der Waals surface area contributed by atoms with Crippen molar-refractivity contribution >= 4 is 33.4 Å². The van der Waals surface area contributed by atoms with Gasteiger partial charge in [0.05, 0.1) is 11.4 Å². The summed E-state index contributed by atoms with van der Waals surface area (Å²) in [7, 11) is 0. The van der Waals surface area contributed by atoms with Crippen molar-refractivity contribution in [2.45, 2.75) is 51.0 Å². The first-order valence-electron chi connectivity index (χ1n) is 11.5. The highest BCUT2D eigenvalue weighted by Gasteiger charge is 2.51. The third kappa shape index (κ3) is 3.43. The van der Waals surface area contributed by atoms with Crippen LogP contribution in [0.5, 0.6) is 0 Å². The summed E-state index contributed by atoms with van der Waals surface area (Å²) in [4.78, 5) is 26.8. The normalized spacial score (nSPS) is 28.2. The van der Waals surface area contributed by atoms with Gasteiger partial charge in [-0.1, -0.05) is 18.2 Å². The van der Waals surface area contributed by atoms with Crippen LogP contribution >= 0.6 is 11.3 Å². The Bertz CT molecular complexity index is 1160. The number of thiophene rings is 1. The summed E-state index contributed by atoms with van der Waals surface area (Å²) in [5.41, 5.74) is 1.74. The van der Waals surface area contributed by atoms with Gasteiger partial charge in [0.1, 0.15) is 9.71 Å². The Morgan fingerprint density at radius 3 is 2.44 bits per heavy atom. The van der Waals surface area contributed by atoms with E-state index in [0.29, 0.717) is 4.88 Å². The van der Waals surface area contributed by atoms with Crippen molar-refractivity contribution in [2.75, 3.05) is 6.61 Å². The van der Waals surface area contributed by atoms with Crippen LogP contribution in [0.25, 0.3) is 15.9 Å². The number of hydrogen-bond acceptors (Lipinski definition) is 5. The first-order valence-corrected chi connectivity index (χ1v) is 12.3. The van der Waals surface area contributed by atoms with Gasteiger partial charge in [0, 0.05) is 10.9 Å². The van der Waals surface area contributed by atoms with E-state index in [4.69, 9.17) is 4.74 Å². The second kappa shape index (κ2) is 7.44. The maximum atomic E-state index is 12.7. The zero-order chi connectivity index (χ0) is 21.9. The Morgan fingerprint density at radius 2 is 1.78 bits per heavy atom. The molecule has 4 aliphatic rings. The van der Waals surface area contributed by atoms with Gasteiger partial charge in [0.25, 0.3) is 5.91 Å². The standard InChI is InChI=1S/C25H27N3O3S/c1-15-20-10-21(32-23(20)28(27-15)19-5-3-2-4-6-19)24(30)31-14-22(29)26-25-11-16-7-17(12-25)9-18(8-16)13-25/h2-6,10,16-18H,7-9,11-14H2,1H3,(H,26,29). The highest BCUT2D eigenvalue weighted by molar-refractivity contribution is 7.20. The summed E-state index contributed by atoms with van der Waals surface area (Å²) >= 11 is 1.35. The topological polar surface area (TPSA) is 73.2 Å². The molecule has 2 heterocycles. The van der Waals surface area contributed by atoms with Gasteiger partial charge in [-0.25, -0.2) is 9.48 Å². The number of amides is 1. The summed E-state index contributed by atoms with van der Waals surface area (Å²) in [6.45, 7) is 1.71.